The zero-order valence-corrected chi connectivity index (χ0v) is 16.1. The van der Waals surface area contributed by atoms with Crippen LogP contribution in [0.3, 0.4) is 0 Å². The average Bonchev–Trinajstić information content (AvgIpc) is 2.85. The lowest BCUT2D eigenvalue weighted by molar-refractivity contribution is -0.136. The van der Waals surface area contributed by atoms with Gasteiger partial charge in [-0.25, -0.2) is 4.79 Å². The molecule has 0 atom stereocenters. The predicted octanol–water partition coefficient (Wildman–Crippen LogP) is 3.03. The molecule has 1 aromatic rings. The van der Waals surface area contributed by atoms with Gasteiger partial charge in [-0.2, -0.15) is 0 Å². The van der Waals surface area contributed by atoms with Crippen LogP contribution in [0.2, 0.25) is 0 Å². The van der Waals surface area contributed by atoms with Crippen molar-refractivity contribution in [3.8, 4) is 11.5 Å². The molecule has 6 heteroatoms. The summed E-state index contributed by atoms with van der Waals surface area (Å²) in [5.74, 6) is 0.718. The lowest BCUT2D eigenvalue weighted by atomic mass is 10.0. The Bertz CT molecular complexity index is 776. The van der Waals surface area contributed by atoms with Gasteiger partial charge in [-0.1, -0.05) is 13.8 Å². The number of methoxy groups -OCH3 is 3. The first kappa shape index (κ1) is 19.6. The predicted molar refractivity (Wildman–Crippen MR) is 98.8 cm³/mol. The van der Waals surface area contributed by atoms with E-state index in [-0.39, 0.29) is 17.4 Å². The van der Waals surface area contributed by atoms with Crippen molar-refractivity contribution in [1.82, 2.24) is 4.90 Å². The maximum absolute atomic E-state index is 13.0. The molecule has 1 aliphatic heterocycles. The monoisotopic (exact) mass is 359 g/mol. The second-order valence-electron chi connectivity index (χ2n) is 6.43. The summed E-state index contributed by atoms with van der Waals surface area (Å²) >= 11 is 0. The molecule has 0 saturated heterocycles. The van der Waals surface area contributed by atoms with Crippen LogP contribution in [-0.4, -0.2) is 44.7 Å². The molecule has 0 N–H and O–H groups in total. The van der Waals surface area contributed by atoms with E-state index in [2.05, 4.69) is 0 Å². The normalized spacial score (nSPS) is 15.9. The molecule has 0 bridgehead atoms. The van der Waals surface area contributed by atoms with Crippen molar-refractivity contribution in [3.63, 3.8) is 0 Å². The standard InChI is InChI=1S/C20H25NO5/c1-12(2)11-21-13(3)18(20(23)26-6)16(19(21)22)9-14-7-8-15(24-4)10-17(14)25-5/h7-10,12H,11H2,1-6H3/b16-9-. The Balaban J connectivity index is 2.57. The third-order valence-electron chi connectivity index (χ3n) is 4.19. The van der Waals surface area contributed by atoms with Gasteiger partial charge in [0, 0.05) is 23.9 Å². The van der Waals surface area contributed by atoms with Crippen LogP contribution in [0.1, 0.15) is 26.3 Å². The summed E-state index contributed by atoms with van der Waals surface area (Å²) in [4.78, 5) is 26.9. The number of ether oxygens (including phenoxy) is 3. The van der Waals surface area contributed by atoms with Crippen molar-refractivity contribution in [2.75, 3.05) is 27.9 Å². The van der Waals surface area contributed by atoms with E-state index in [1.165, 1.54) is 7.11 Å². The number of hydrogen-bond donors (Lipinski definition) is 0. The third-order valence-corrected chi connectivity index (χ3v) is 4.19. The van der Waals surface area contributed by atoms with Crippen LogP contribution in [0.25, 0.3) is 6.08 Å². The smallest absolute Gasteiger partial charge is 0.340 e. The number of hydrogen-bond acceptors (Lipinski definition) is 5. The Hall–Kier alpha value is -2.76. The number of benzene rings is 1. The number of carbonyl (C=O) groups excluding carboxylic acids is 2. The van der Waals surface area contributed by atoms with Gasteiger partial charge in [0.2, 0.25) is 0 Å². The van der Waals surface area contributed by atoms with Crippen LogP contribution < -0.4 is 9.47 Å². The number of esters is 1. The van der Waals surface area contributed by atoms with E-state index in [4.69, 9.17) is 14.2 Å². The quantitative estimate of drug-likeness (QED) is 0.577. The molecule has 26 heavy (non-hydrogen) atoms. The van der Waals surface area contributed by atoms with Crippen LogP contribution in [-0.2, 0) is 14.3 Å². The maximum atomic E-state index is 13.0. The van der Waals surface area contributed by atoms with Gasteiger partial charge < -0.3 is 19.1 Å². The molecule has 2 rings (SSSR count). The summed E-state index contributed by atoms with van der Waals surface area (Å²) in [6.07, 6.45) is 1.66. The Morgan fingerprint density at radius 2 is 1.88 bits per heavy atom. The molecular formula is C20H25NO5. The Morgan fingerprint density at radius 1 is 1.19 bits per heavy atom. The van der Waals surface area contributed by atoms with Gasteiger partial charge in [-0.3, -0.25) is 4.79 Å². The zero-order valence-electron chi connectivity index (χ0n) is 16.1. The van der Waals surface area contributed by atoms with Crippen molar-refractivity contribution < 1.29 is 23.8 Å². The number of amides is 1. The lowest BCUT2D eigenvalue weighted by Gasteiger charge is -2.20. The summed E-state index contributed by atoms with van der Waals surface area (Å²) in [6.45, 7) is 6.33. The van der Waals surface area contributed by atoms with Crippen molar-refractivity contribution in [1.29, 1.82) is 0 Å². The van der Waals surface area contributed by atoms with E-state index in [1.54, 1.807) is 50.3 Å². The van der Waals surface area contributed by atoms with Crippen LogP contribution in [0.5, 0.6) is 11.5 Å². The third kappa shape index (κ3) is 3.74. The molecule has 1 aromatic carbocycles. The molecule has 140 valence electrons. The van der Waals surface area contributed by atoms with Gasteiger partial charge in [0.15, 0.2) is 0 Å². The van der Waals surface area contributed by atoms with Crippen LogP contribution in [0, 0.1) is 5.92 Å². The number of nitrogens with zero attached hydrogens (tertiary/aromatic N) is 1. The molecular weight excluding hydrogens is 334 g/mol. The summed E-state index contributed by atoms with van der Waals surface area (Å²) in [6, 6.07) is 5.29. The minimum atomic E-state index is -0.527. The molecule has 1 amide bonds. The lowest BCUT2D eigenvalue weighted by Crippen LogP contribution is -2.28. The molecule has 1 aliphatic rings. The molecule has 0 radical (unpaired) electrons. The van der Waals surface area contributed by atoms with Gasteiger partial charge in [0.25, 0.3) is 5.91 Å². The molecule has 0 aromatic heterocycles. The highest BCUT2D eigenvalue weighted by atomic mass is 16.5. The zero-order chi connectivity index (χ0) is 19.4. The SMILES string of the molecule is COC(=O)C1=C(C)N(CC(C)C)C(=O)/C1=C\c1ccc(OC)cc1OC. The summed E-state index contributed by atoms with van der Waals surface area (Å²) in [5.41, 5.74) is 1.88. The fourth-order valence-corrected chi connectivity index (χ4v) is 2.91. The van der Waals surface area contributed by atoms with Crippen molar-refractivity contribution >= 4 is 18.0 Å². The van der Waals surface area contributed by atoms with Crippen molar-refractivity contribution in [3.05, 3.63) is 40.6 Å². The van der Waals surface area contributed by atoms with Crippen LogP contribution in [0.15, 0.2) is 35.0 Å². The van der Waals surface area contributed by atoms with Gasteiger partial charge in [0.1, 0.15) is 11.5 Å². The van der Waals surface area contributed by atoms with E-state index >= 15 is 0 Å². The summed E-state index contributed by atoms with van der Waals surface area (Å²) in [7, 11) is 4.42. The van der Waals surface area contributed by atoms with Gasteiger partial charge in [0.05, 0.1) is 32.5 Å². The minimum absolute atomic E-state index is 0.213. The van der Waals surface area contributed by atoms with Crippen LogP contribution >= 0.6 is 0 Å². The summed E-state index contributed by atoms with van der Waals surface area (Å²) < 4.78 is 15.5. The Morgan fingerprint density at radius 3 is 2.42 bits per heavy atom. The number of rotatable bonds is 6. The molecule has 0 aliphatic carbocycles. The maximum Gasteiger partial charge on any atom is 0.340 e. The highest BCUT2D eigenvalue weighted by Gasteiger charge is 2.37. The highest BCUT2D eigenvalue weighted by molar-refractivity contribution is 6.16. The molecule has 6 nitrogen and oxygen atoms in total. The summed E-state index contributed by atoms with van der Waals surface area (Å²) in [5, 5.41) is 0. The largest absolute Gasteiger partial charge is 0.497 e. The molecule has 0 fully saturated rings. The van der Waals surface area contributed by atoms with E-state index < -0.39 is 5.97 Å². The topological polar surface area (TPSA) is 65.1 Å². The van der Waals surface area contributed by atoms with Crippen molar-refractivity contribution in [2.24, 2.45) is 5.92 Å². The Labute approximate surface area is 154 Å². The van der Waals surface area contributed by atoms with Gasteiger partial charge in [-0.05, 0) is 31.1 Å². The van der Waals surface area contributed by atoms with Gasteiger partial charge >= 0.3 is 5.97 Å². The fraction of sp³-hybridized carbons (Fsp3) is 0.400. The second-order valence-corrected chi connectivity index (χ2v) is 6.43. The van der Waals surface area contributed by atoms with E-state index in [0.717, 1.165) is 0 Å². The van der Waals surface area contributed by atoms with Crippen molar-refractivity contribution in [2.45, 2.75) is 20.8 Å². The first-order valence-corrected chi connectivity index (χ1v) is 8.39. The van der Waals surface area contributed by atoms with Gasteiger partial charge in [-0.15, -0.1) is 0 Å². The first-order valence-electron chi connectivity index (χ1n) is 8.39. The number of allylic oxidation sites excluding steroid dienone is 1. The van der Waals surface area contributed by atoms with E-state index in [1.807, 2.05) is 13.8 Å². The number of carbonyl (C=O) groups is 2. The average molecular weight is 359 g/mol. The fourth-order valence-electron chi connectivity index (χ4n) is 2.91. The Kier molecular flexibility index (Phi) is 6.08. The second kappa shape index (κ2) is 8.08. The molecule has 0 unspecified atom stereocenters. The first-order chi connectivity index (χ1) is 12.3. The highest BCUT2D eigenvalue weighted by Crippen LogP contribution is 2.34. The van der Waals surface area contributed by atoms with E-state index in [9.17, 15) is 9.59 Å². The molecule has 0 spiro atoms. The molecule has 0 saturated carbocycles. The molecule has 1 heterocycles. The minimum Gasteiger partial charge on any atom is -0.497 e. The van der Waals surface area contributed by atoms with E-state index in [0.29, 0.717) is 34.9 Å². The van der Waals surface area contributed by atoms with Crippen LogP contribution in [0.4, 0.5) is 0 Å².